The van der Waals surface area contributed by atoms with Crippen molar-refractivity contribution in [3.05, 3.63) is 41.2 Å². The molecule has 1 aliphatic rings. The molecule has 1 aliphatic carbocycles. The molecule has 0 saturated heterocycles. The molecule has 1 aromatic heterocycles. The topological polar surface area (TPSA) is 57.9 Å². The summed E-state index contributed by atoms with van der Waals surface area (Å²) in [7, 11) is 3.01. The van der Waals surface area contributed by atoms with E-state index in [2.05, 4.69) is 0 Å². The summed E-state index contributed by atoms with van der Waals surface area (Å²) >= 11 is 0. The molecule has 0 amide bonds. The Balaban J connectivity index is 2.13. The lowest BCUT2D eigenvalue weighted by Gasteiger charge is -2.22. The van der Waals surface area contributed by atoms with Crippen LogP contribution in [0.4, 0.5) is 0 Å². The quantitative estimate of drug-likeness (QED) is 0.771. The summed E-state index contributed by atoms with van der Waals surface area (Å²) in [6, 6.07) is 7.45. The van der Waals surface area contributed by atoms with Gasteiger partial charge in [-0.15, -0.1) is 0 Å². The Hall–Kier alpha value is -2.27. The fraction of sp³-hybridized carbons (Fsp3) is 0.421. The van der Waals surface area contributed by atoms with Gasteiger partial charge in [-0.1, -0.05) is 0 Å². The first-order chi connectivity index (χ1) is 11.7. The Bertz CT molecular complexity index is 714. The Morgan fingerprint density at radius 2 is 2.00 bits per heavy atom. The van der Waals surface area contributed by atoms with Crippen molar-refractivity contribution in [1.29, 1.82) is 0 Å². The normalized spacial score (nSPS) is 16.5. The lowest BCUT2D eigenvalue weighted by Crippen LogP contribution is -2.15. The van der Waals surface area contributed by atoms with Crippen LogP contribution in [0.15, 0.2) is 28.7 Å². The predicted octanol–water partition coefficient (Wildman–Crippen LogP) is 4.16. The Labute approximate surface area is 141 Å². The van der Waals surface area contributed by atoms with Gasteiger partial charge in [-0.25, -0.2) is 4.79 Å². The smallest absolute Gasteiger partial charge is 0.342 e. The highest BCUT2D eigenvalue weighted by Gasteiger charge is 2.34. The first-order valence-electron chi connectivity index (χ1n) is 8.19. The summed E-state index contributed by atoms with van der Waals surface area (Å²) in [4.78, 5) is 12.5. The highest BCUT2D eigenvalue weighted by Crippen LogP contribution is 2.42. The van der Waals surface area contributed by atoms with Gasteiger partial charge in [0.1, 0.15) is 22.8 Å². The molecule has 0 fully saturated rings. The molecule has 3 rings (SSSR count). The zero-order valence-corrected chi connectivity index (χ0v) is 14.3. The van der Waals surface area contributed by atoms with E-state index in [9.17, 15) is 4.79 Å². The van der Waals surface area contributed by atoms with Gasteiger partial charge in [0.2, 0.25) is 0 Å². The van der Waals surface area contributed by atoms with Crippen molar-refractivity contribution in [2.75, 3.05) is 20.8 Å². The fourth-order valence-electron chi connectivity index (χ4n) is 3.23. The van der Waals surface area contributed by atoms with Gasteiger partial charge in [0.15, 0.2) is 0 Å². The van der Waals surface area contributed by atoms with Crippen molar-refractivity contribution in [1.82, 2.24) is 0 Å². The van der Waals surface area contributed by atoms with Crippen molar-refractivity contribution in [2.45, 2.75) is 32.3 Å². The van der Waals surface area contributed by atoms with Gasteiger partial charge in [0.25, 0.3) is 0 Å². The largest absolute Gasteiger partial charge is 0.497 e. The second-order valence-corrected chi connectivity index (χ2v) is 5.70. The number of hydrogen-bond donors (Lipinski definition) is 0. The molecule has 0 radical (unpaired) electrons. The lowest BCUT2D eigenvalue weighted by atomic mass is 9.91. The van der Waals surface area contributed by atoms with Crippen LogP contribution in [0.2, 0.25) is 0 Å². The van der Waals surface area contributed by atoms with Gasteiger partial charge in [-0.05, 0) is 44.0 Å². The third-order valence-electron chi connectivity index (χ3n) is 4.32. The molecule has 2 aromatic rings. The van der Waals surface area contributed by atoms with Crippen molar-refractivity contribution >= 4 is 5.97 Å². The molecular weight excluding hydrogens is 308 g/mol. The molecule has 128 valence electrons. The minimum Gasteiger partial charge on any atom is -0.497 e. The van der Waals surface area contributed by atoms with E-state index in [1.165, 1.54) is 7.11 Å². The summed E-state index contributed by atoms with van der Waals surface area (Å²) in [5, 5.41) is 0. The number of carbonyl (C=O) groups is 1. The Kier molecular flexibility index (Phi) is 4.90. The molecular formula is C19H22O5. The fourth-order valence-corrected chi connectivity index (χ4v) is 3.23. The van der Waals surface area contributed by atoms with Gasteiger partial charge in [0, 0.05) is 24.2 Å². The third-order valence-corrected chi connectivity index (χ3v) is 4.32. The van der Waals surface area contributed by atoms with Gasteiger partial charge < -0.3 is 18.6 Å². The average molecular weight is 330 g/mol. The second-order valence-electron chi connectivity index (χ2n) is 5.70. The molecule has 1 aromatic carbocycles. The third kappa shape index (κ3) is 2.91. The van der Waals surface area contributed by atoms with Crippen LogP contribution in [0, 0.1) is 0 Å². The van der Waals surface area contributed by atoms with E-state index in [4.69, 9.17) is 18.6 Å². The van der Waals surface area contributed by atoms with Crippen LogP contribution in [0.1, 0.15) is 47.6 Å². The van der Waals surface area contributed by atoms with E-state index in [0.29, 0.717) is 17.9 Å². The van der Waals surface area contributed by atoms with Crippen LogP contribution >= 0.6 is 0 Å². The molecule has 0 N–H and O–H groups in total. The molecule has 0 aliphatic heterocycles. The number of ether oxygens (including phenoxy) is 3. The van der Waals surface area contributed by atoms with Crippen LogP contribution in [0.3, 0.4) is 0 Å². The number of benzene rings is 1. The van der Waals surface area contributed by atoms with Crippen molar-refractivity contribution in [2.24, 2.45) is 0 Å². The first-order valence-corrected chi connectivity index (χ1v) is 8.19. The van der Waals surface area contributed by atoms with Crippen LogP contribution in [0.5, 0.6) is 5.75 Å². The maximum absolute atomic E-state index is 12.5. The van der Waals surface area contributed by atoms with Crippen LogP contribution in [-0.2, 0) is 15.9 Å². The summed E-state index contributed by atoms with van der Waals surface area (Å²) < 4.78 is 22.1. The zero-order chi connectivity index (χ0) is 17.1. The minimum absolute atomic E-state index is 0.122. The van der Waals surface area contributed by atoms with Crippen LogP contribution in [0.25, 0.3) is 11.3 Å². The molecule has 5 nitrogen and oxygen atoms in total. The molecule has 1 heterocycles. The second kappa shape index (κ2) is 7.09. The van der Waals surface area contributed by atoms with E-state index < -0.39 is 5.97 Å². The van der Waals surface area contributed by atoms with Crippen LogP contribution < -0.4 is 4.74 Å². The highest BCUT2D eigenvalue weighted by atomic mass is 16.5. The number of furan rings is 1. The standard InChI is InChI=1S/C19H22O5/c1-4-23-14-6-5-7-15-16(14)17(19(20)22-3)18(24-15)12-8-10-13(21-2)11-9-12/h8-11,14H,4-7H2,1-3H3. The number of aryl methyl sites for hydroxylation is 1. The van der Waals surface area contributed by atoms with Crippen molar-refractivity contribution < 1.29 is 23.4 Å². The first kappa shape index (κ1) is 16.6. The SMILES string of the molecule is CCOC1CCCc2oc(-c3ccc(OC)cc3)c(C(=O)OC)c21. The lowest BCUT2D eigenvalue weighted by molar-refractivity contribution is 0.0444. The number of hydrogen-bond acceptors (Lipinski definition) is 5. The van der Waals surface area contributed by atoms with Gasteiger partial charge in [-0.2, -0.15) is 0 Å². The van der Waals surface area contributed by atoms with Gasteiger partial charge in [-0.3, -0.25) is 0 Å². The molecule has 0 spiro atoms. The summed E-state index contributed by atoms with van der Waals surface area (Å²) in [5.41, 5.74) is 2.15. The minimum atomic E-state index is -0.391. The number of esters is 1. The predicted molar refractivity (Wildman–Crippen MR) is 89.3 cm³/mol. The molecule has 24 heavy (non-hydrogen) atoms. The van der Waals surface area contributed by atoms with Crippen molar-refractivity contribution in [3.63, 3.8) is 0 Å². The van der Waals surface area contributed by atoms with E-state index in [1.54, 1.807) is 7.11 Å². The van der Waals surface area contributed by atoms with E-state index in [1.807, 2.05) is 31.2 Å². The number of fused-ring (bicyclic) bond motifs is 1. The van der Waals surface area contributed by atoms with Crippen LogP contribution in [-0.4, -0.2) is 26.8 Å². The molecule has 0 bridgehead atoms. The molecule has 1 atom stereocenters. The van der Waals surface area contributed by atoms with Crippen molar-refractivity contribution in [3.8, 4) is 17.1 Å². The number of rotatable bonds is 5. The van der Waals surface area contributed by atoms with E-state index in [-0.39, 0.29) is 6.10 Å². The van der Waals surface area contributed by atoms with Gasteiger partial charge >= 0.3 is 5.97 Å². The summed E-state index contributed by atoms with van der Waals surface area (Å²) in [6.07, 6.45) is 2.54. The number of carbonyl (C=O) groups excluding carboxylic acids is 1. The summed E-state index contributed by atoms with van der Waals surface area (Å²) in [5.74, 6) is 1.73. The Morgan fingerprint density at radius 3 is 2.62 bits per heavy atom. The molecule has 1 unspecified atom stereocenters. The van der Waals surface area contributed by atoms with E-state index in [0.717, 1.165) is 41.9 Å². The zero-order valence-electron chi connectivity index (χ0n) is 14.3. The Morgan fingerprint density at radius 1 is 1.25 bits per heavy atom. The average Bonchev–Trinajstić information content (AvgIpc) is 3.02. The molecule has 5 heteroatoms. The number of methoxy groups -OCH3 is 2. The highest BCUT2D eigenvalue weighted by molar-refractivity contribution is 5.98. The monoisotopic (exact) mass is 330 g/mol. The maximum atomic E-state index is 12.5. The summed E-state index contributed by atoms with van der Waals surface area (Å²) in [6.45, 7) is 2.55. The van der Waals surface area contributed by atoms with E-state index >= 15 is 0 Å². The van der Waals surface area contributed by atoms with Gasteiger partial charge in [0.05, 0.1) is 20.3 Å². The maximum Gasteiger partial charge on any atom is 0.342 e. The molecule has 0 saturated carbocycles.